The number of rotatable bonds is 3. The van der Waals surface area contributed by atoms with E-state index in [1.165, 1.54) is 0 Å². The molecule has 0 aliphatic heterocycles. The Balaban J connectivity index is 2.29. The maximum atomic E-state index is 9.34. The molecule has 0 aromatic carbocycles. The van der Waals surface area contributed by atoms with Crippen LogP contribution in [0, 0.1) is 0 Å². The first-order valence-corrected chi connectivity index (χ1v) is 4.76. The van der Waals surface area contributed by atoms with E-state index in [9.17, 15) is 10.2 Å². The number of aliphatic hydroxyl groups excluding tert-OH is 3. The lowest BCUT2D eigenvalue weighted by Gasteiger charge is -2.31. The molecule has 3 N–H and O–H groups in total. The molecule has 1 saturated carbocycles. The minimum Gasteiger partial charge on any atom is -0.394 e. The van der Waals surface area contributed by atoms with E-state index in [0.29, 0.717) is 12.8 Å². The van der Waals surface area contributed by atoms with Gasteiger partial charge in [-0.1, -0.05) is 0 Å². The summed E-state index contributed by atoms with van der Waals surface area (Å²) < 4.78 is 5.44. The van der Waals surface area contributed by atoms with E-state index < -0.39 is 12.2 Å². The van der Waals surface area contributed by atoms with Crippen molar-refractivity contribution in [3.05, 3.63) is 0 Å². The smallest absolute Gasteiger partial charge is 0.0823 e. The van der Waals surface area contributed by atoms with Crippen molar-refractivity contribution >= 4 is 0 Å². The largest absolute Gasteiger partial charge is 0.394 e. The van der Waals surface area contributed by atoms with Gasteiger partial charge in [0, 0.05) is 6.42 Å². The maximum absolute atomic E-state index is 9.34. The molecule has 0 aromatic heterocycles. The van der Waals surface area contributed by atoms with Crippen LogP contribution in [0.25, 0.3) is 0 Å². The highest BCUT2D eigenvalue weighted by atomic mass is 16.5. The Hall–Kier alpha value is -0.160. The quantitative estimate of drug-likeness (QED) is 0.569. The molecule has 0 bridgehead atoms. The standard InChI is InChI=1S/C9H18O4/c1-6(5-10)13-7-2-3-8(11)9(12)4-7/h6-12H,2-5H2,1H3. The molecule has 78 valence electrons. The average molecular weight is 190 g/mol. The van der Waals surface area contributed by atoms with Crippen molar-refractivity contribution in [2.24, 2.45) is 0 Å². The Labute approximate surface area is 78.1 Å². The van der Waals surface area contributed by atoms with Gasteiger partial charge in [-0.2, -0.15) is 0 Å². The van der Waals surface area contributed by atoms with Gasteiger partial charge in [-0.3, -0.25) is 0 Å². The van der Waals surface area contributed by atoms with Crippen molar-refractivity contribution in [3.63, 3.8) is 0 Å². The lowest BCUT2D eigenvalue weighted by atomic mass is 9.92. The van der Waals surface area contributed by atoms with E-state index in [1.807, 2.05) is 0 Å². The number of hydrogen-bond acceptors (Lipinski definition) is 4. The minimum absolute atomic E-state index is 0.00481. The van der Waals surface area contributed by atoms with Gasteiger partial charge < -0.3 is 20.1 Å². The van der Waals surface area contributed by atoms with E-state index in [0.717, 1.165) is 6.42 Å². The summed E-state index contributed by atoms with van der Waals surface area (Å²) in [6, 6.07) is 0. The van der Waals surface area contributed by atoms with Gasteiger partial charge in [0.1, 0.15) is 0 Å². The summed E-state index contributed by atoms with van der Waals surface area (Å²) in [5.41, 5.74) is 0. The van der Waals surface area contributed by atoms with E-state index in [1.54, 1.807) is 6.92 Å². The van der Waals surface area contributed by atoms with E-state index >= 15 is 0 Å². The molecule has 4 atom stereocenters. The summed E-state index contributed by atoms with van der Waals surface area (Å²) in [7, 11) is 0. The average Bonchev–Trinajstić information content (AvgIpc) is 2.11. The highest BCUT2D eigenvalue weighted by Crippen LogP contribution is 2.22. The zero-order valence-corrected chi connectivity index (χ0v) is 7.89. The lowest BCUT2D eigenvalue weighted by Crippen LogP contribution is -2.38. The molecule has 1 fully saturated rings. The van der Waals surface area contributed by atoms with Crippen LogP contribution >= 0.6 is 0 Å². The molecule has 1 rings (SSSR count). The van der Waals surface area contributed by atoms with Crippen molar-refractivity contribution in [1.29, 1.82) is 0 Å². The second kappa shape index (κ2) is 4.91. The Morgan fingerprint density at radius 2 is 2.00 bits per heavy atom. The van der Waals surface area contributed by atoms with Crippen molar-refractivity contribution in [1.82, 2.24) is 0 Å². The third-order valence-electron chi connectivity index (χ3n) is 2.41. The van der Waals surface area contributed by atoms with Crippen LogP contribution in [-0.4, -0.2) is 46.3 Å². The number of ether oxygens (including phenoxy) is 1. The van der Waals surface area contributed by atoms with Crippen LogP contribution < -0.4 is 0 Å². The zero-order valence-electron chi connectivity index (χ0n) is 7.89. The zero-order chi connectivity index (χ0) is 9.84. The van der Waals surface area contributed by atoms with Crippen LogP contribution in [0.4, 0.5) is 0 Å². The van der Waals surface area contributed by atoms with Crippen LogP contribution in [0.3, 0.4) is 0 Å². The van der Waals surface area contributed by atoms with E-state index in [-0.39, 0.29) is 18.8 Å². The fourth-order valence-electron chi connectivity index (χ4n) is 1.59. The Morgan fingerprint density at radius 1 is 1.31 bits per heavy atom. The highest BCUT2D eigenvalue weighted by Gasteiger charge is 2.28. The van der Waals surface area contributed by atoms with Gasteiger partial charge in [-0.25, -0.2) is 0 Å². The Kier molecular flexibility index (Phi) is 4.12. The molecule has 0 radical (unpaired) electrons. The third kappa shape index (κ3) is 3.23. The summed E-state index contributed by atoms with van der Waals surface area (Å²) >= 11 is 0. The fourth-order valence-corrected chi connectivity index (χ4v) is 1.59. The summed E-state index contributed by atoms with van der Waals surface area (Å²) in [5.74, 6) is 0. The summed E-state index contributed by atoms with van der Waals surface area (Å²) in [4.78, 5) is 0. The van der Waals surface area contributed by atoms with Gasteiger partial charge in [-0.05, 0) is 19.8 Å². The van der Waals surface area contributed by atoms with Crippen LogP contribution in [0.1, 0.15) is 26.2 Å². The summed E-state index contributed by atoms with van der Waals surface area (Å²) in [6.45, 7) is 1.78. The molecule has 1 aliphatic rings. The first-order valence-electron chi connectivity index (χ1n) is 4.76. The predicted octanol–water partition coefficient (Wildman–Crippen LogP) is -0.342. The van der Waals surface area contributed by atoms with Gasteiger partial charge in [-0.15, -0.1) is 0 Å². The predicted molar refractivity (Wildman–Crippen MR) is 47.3 cm³/mol. The monoisotopic (exact) mass is 190 g/mol. The first kappa shape index (κ1) is 10.9. The van der Waals surface area contributed by atoms with Crippen LogP contribution in [0.5, 0.6) is 0 Å². The summed E-state index contributed by atoms with van der Waals surface area (Å²) in [6.07, 6.45) is 0.292. The fraction of sp³-hybridized carbons (Fsp3) is 1.00. The first-order chi connectivity index (χ1) is 6.13. The topological polar surface area (TPSA) is 69.9 Å². The van der Waals surface area contributed by atoms with Crippen molar-refractivity contribution in [2.45, 2.75) is 50.6 Å². The van der Waals surface area contributed by atoms with Crippen molar-refractivity contribution in [3.8, 4) is 0 Å². The molecular weight excluding hydrogens is 172 g/mol. The molecule has 4 nitrogen and oxygen atoms in total. The normalized spacial score (nSPS) is 37.4. The highest BCUT2D eigenvalue weighted by molar-refractivity contribution is 4.80. The van der Waals surface area contributed by atoms with Crippen LogP contribution in [-0.2, 0) is 4.74 Å². The molecule has 4 unspecified atom stereocenters. The third-order valence-corrected chi connectivity index (χ3v) is 2.41. The molecule has 1 aliphatic carbocycles. The Morgan fingerprint density at radius 3 is 2.54 bits per heavy atom. The second-order valence-electron chi connectivity index (χ2n) is 3.70. The van der Waals surface area contributed by atoms with Gasteiger partial charge in [0.05, 0.1) is 31.0 Å². The lowest BCUT2D eigenvalue weighted by molar-refractivity contribution is -0.0999. The molecule has 0 saturated heterocycles. The van der Waals surface area contributed by atoms with Crippen LogP contribution in [0.15, 0.2) is 0 Å². The van der Waals surface area contributed by atoms with Crippen molar-refractivity contribution < 1.29 is 20.1 Å². The molecule has 0 amide bonds. The molecule has 0 aromatic rings. The minimum atomic E-state index is -0.676. The molecule has 0 heterocycles. The Bertz CT molecular complexity index is 149. The van der Waals surface area contributed by atoms with Gasteiger partial charge in [0.25, 0.3) is 0 Å². The number of hydrogen-bond donors (Lipinski definition) is 3. The molecule has 13 heavy (non-hydrogen) atoms. The molecular formula is C9H18O4. The van der Waals surface area contributed by atoms with Gasteiger partial charge in [0.2, 0.25) is 0 Å². The SMILES string of the molecule is CC(CO)OC1CCC(O)C(O)C1. The second-order valence-corrected chi connectivity index (χ2v) is 3.70. The molecule has 0 spiro atoms. The van der Waals surface area contributed by atoms with Crippen LogP contribution in [0.2, 0.25) is 0 Å². The molecule has 4 heteroatoms. The van der Waals surface area contributed by atoms with Gasteiger partial charge in [0.15, 0.2) is 0 Å². The maximum Gasteiger partial charge on any atom is 0.0823 e. The summed E-state index contributed by atoms with van der Waals surface area (Å²) in [5, 5.41) is 27.3. The van der Waals surface area contributed by atoms with E-state index in [2.05, 4.69) is 0 Å². The number of aliphatic hydroxyl groups is 3. The van der Waals surface area contributed by atoms with Crippen molar-refractivity contribution in [2.75, 3.05) is 6.61 Å². The van der Waals surface area contributed by atoms with Gasteiger partial charge >= 0.3 is 0 Å². The van der Waals surface area contributed by atoms with E-state index in [4.69, 9.17) is 9.84 Å².